The second-order valence-corrected chi connectivity index (χ2v) is 11.0. The Bertz CT molecular complexity index is 721. The van der Waals surface area contributed by atoms with E-state index >= 15 is 0 Å². The molecule has 0 saturated carbocycles. The quantitative estimate of drug-likeness (QED) is 0.0504. The molecule has 19 nitrogen and oxygen atoms in total. The van der Waals surface area contributed by atoms with Crippen LogP contribution < -0.4 is 0 Å². The molecule has 0 amide bonds. The lowest BCUT2D eigenvalue weighted by atomic mass is 9.92. The third-order valence-electron chi connectivity index (χ3n) is 6.48. The molecule has 0 aliphatic heterocycles. The first-order valence-electron chi connectivity index (χ1n) is 17.9. The van der Waals surface area contributed by atoms with Gasteiger partial charge < -0.3 is 85.7 Å². The lowest BCUT2D eigenvalue weighted by Crippen LogP contribution is -2.42. The number of methoxy groups -OCH3 is 2. The van der Waals surface area contributed by atoms with Crippen LogP contribution in [0, 0.1) is 5.41 Å². The van der Waals surface area contributed by atoms with Crippen LogP contribution in [0.25, 0.3) is 0 Å². The Morgan fingerprint density at radius 3 is 0.906 bits per heavy atom. The summed E-state index contributed by atoms with van der Waals surface area (Å²) in [6, 6.07) is 0. The van der Waals surface area contributed by atoms with Gasteiger partial charge in [0.25, 0.3) is 0 Å². The largest absolute Gasteiger partial charge is 0.505 e. The summed E-state index contributed by atoms with van der Waals surface area (Å²) < 4.78 is 86.8. The van der Waals surface area contributed by atoms with Crippen molar-refractivity contribution >= 4 is 12.4 Å². The minimum Gasteiger partial charge on any atom is -0.450 e. The number of ether oxygens (including phenoxy) is 16. The SMILES string of the molecule is COCCOCCOCCOCCOCC(COCC=O)(COCCOCCOCCOCCOC)COCCOCCOCCOCCOC(=O)O. The first kappa shape index (κ1) is 51.3. The molecular formula is C34H66O19. The summed E-state index contributed by atoms with van der Waals surface area (Å²) in [5.74, 6) is 0. The van der Waals surface area contributed by atoms with Crippen molar-refractivity contribution in [2.24, 2.45) is 5.41 Å². The minimum absolute atomic E-state index is 0.0309. The molecule has 1 N–H and O–H groups in total. The number of hydrogen-bond donors (Lipinski definition) is 1. The molecule has 0 unspecified atom stereocenters. The second kappa shape index (κ2) is 43.1. The van der Waals surface area contributed by atoms with E-state index in [1.807, 2.05) is 0 Å². The van der Waals surface area contributed by atoms with Crippen LogP contribution in [0.4, 0.5) is 4.79 Å². The molecule has 0 radical (unpaired) electrons. The highest BCUT2D eigenvalue weighted by Gasteiger charge is 2.32. The molecule has 0 aliphatic carbocycles. The van der Waals surface area contributed by atoms with E-state index in [0.717, 1.165) is 0 Å². The maximum absolute atomic E-state index is 11.0. The summed E-state index contributed by atoms with van der Waals surface area (Å²) >= 11 is 0. The third-order valence-corrected chi connectivity index (χ3v) is 6.48. The summed E-state index contributed by atoms with van der Waals surface area (Å²) in [5.41, 5.74) is -0.723. The van der Waals surface area contributed by atoms with E-state index in [1.54, 1.807) is 14.2 Å². The maximum atomic E-state index is 11.0. The molecule has 19 heteroatoms. The zero-order chi connectivity index (χ0) is 38.6. The van der Waals surface area contributed by atoms with Crippen LogP contribution in [-0.2, 0) is 80.6 Å². The molecule has 0 rings (SSSR count). The maximum Gasteiger partial charge on any atom is 0.505 e. The Morgan fingerprint density at radius 2 is 0.642 bits per heavy atom. The molecular weight excluding hydrogens is 712 g/mol. The van der Waals surface area contributed by atoms with Crippen LogP contribution in [0.2, 0.25) is 0 Å². The molecule has 0 aromatic carbocycles. The lowest BCUT2D eigenvalue weighted by Gasteiger charge is -2.32. The summed E-state index contributed by atoms with van der Waals surface area (Å²) in [6.07, 6.45) is -0.650. The molecule has 53 heavy (non-hydrogen) atoms. The monoisotopic (exact) mass is 778 g/mol. The number of aldehydes is 1. The van der Waals surface area contributed by atoms with Crippen LogP contribution in [-0.4, -0.2) is 223 Å². The Kier molecular flexibility index (Phi) is 41.7. The van der Waals surface area contributed by atoms with Gasteiger partial charge in [0.15, 0.2) is 0 Å². The van der Waals surface area contributed by atoms with E-state index in [-0.39, 0.29) is 46.2 Å². The highest BCUT2D eigenvalue weighted by Crippen LogP contribution is 2.21. The average molecular weight is 779 g/mol. The zero-order valence-corrected chi connectivity index (χ0v) is 31.9. The number of carbonyl (C=O) groups is 2. The smallest absolute Gasteiger partial charge is 0.450 e. The van der Waals surface area contributed by atoms with Gasteiger partial charge >= 0.3 is 6.16 Å². The van der Waals surface area contributed by atoms with Crippen LogP contribution in [0.1, 0.15) is 0 Å². The fourth-order valence-corrected chi connectivity index (χ4v) is 3.89. The van der Waals surface area contributed by atoms with Gasteiger partial charge in [0.2, 0.25) is 0 Å². The minimum atomic E-state index is -1.34. The number of carbonyl (C=O) groups excluding carboxylic acids is 1. The van der Waals surface area contributed by atoms with Crippen molar-refractivity contribution in [1.29, 1.82) is 0 Å². The highest BCUT2D eigenvalue weighted by molar-refractivity contribution is 5.56. The van der Waals surface area contributed by atoms with Gasteiger partial charge in [-0.25, -0.2) is 4.79 Å². The average Bonchev–Trinajstić information content (AvgIpc) is 3.15. The summed E-state index contributed by atoms with van der Waals surface area (Å²) in [6.45, 7) is 9.99. The Hall–Kier alpha value is -1.66. The van der Waals surface area contributed by atoms with Crippen molar-refractivity contribution in [3.63, 3.8) is 0 Å². The van der Waals surface area contributed by atoms with Crippen molar-refractivity contribution in [1.82, 2.24) is 0 Å². The molecule has 316 valence electrons. The van der Waals surface area contributed by atoms with E-state index in [2.05, 4.69) is 4.74 Å². The van der Waals surface area contributed by atoms with Gasteiger partial charge in [0.1, 0.15) is 19.5 Å². The fourth-order valence-electron chi connectivity index (χ4n) is 3.89. The van der Waals surface area contributed by atoms with E-state index in [4.69, 9.17) is 76.2 Å². The van der Waals surface area contributed by atoms with Crippen LogP contribution in [0.3, 0.4) is 0 Å². The van der Waals surface area contributed by atoms with Crippen molar-refractivity contribution in [3.8, 4) is 0 Å². The van der Waals surface area contributed by atoms with E-state index < -0.39 is 11.6 Å². The Balaban J connectivity index is 4.53. The van der Waals surface area contributed by atoms with Gasteiger partial charge in [0, 0.05) is 14.2 Å². The number of carboxylic acid groups (broad SMARTS) is 1. The molecule has 0 spiro atoms. The fraction of sp³-hybridized carbons (Fsp3) is 0.941. The number of hydrogen-bond acceptors (Lipinski definition) is 18. The second-order valence-electron chi connectivity index (χ2n) is 11.0. The van der Waals surface area contributed by atoms with Crippen LogP contribution >= 0.6 is 0 Å². The van der Waals surface area contributed by atoms with Gasteiger partial charge in [-0.15, -0.1) is 0 Å². The van der Waals surface area contributed by atoms with Gasteiger partial charge in [-0.05, 0) is 0 Å². The summed E-state index contributed by atoms with van der Waals surface area (Å²) in [7, 11) is 3.25. The summed E-state index contributed by atoms with van der Waals surface area (Å²) in [5, 5.41) is 8.41. The third kappa shape index (κ3) is 39.8. The zero-order valence-electron chi connectivity index (χ0n) is 31.9. The molecule has 0 bridgehead atoms. The predicted molar refractivity (Wildman–Crippen MR) is 187 cm³/mol. The van der Waals surface area contributed by atoms with Gasteiger partial charge in [-0.3, -0.25) is 0 Å². The molecule has 0 saturated heterocycles. The molecule has 0 heterocycles. The van der Waals surface area contributed by atoms with E-state index in [1.165, 1.54) is 0 Å². The first-order chi connectivity index (χ1) is 26.1. The molecule has 0 aliphatic rings. The molecule has 0 fully saturated rings. The van der Waals surface area contributed by atoms with Gasteiger partial charge in [-0.2, -0.15) is 0 Å². The normalized spacial score (nSPS) is 11.7. The first-order valence-corrected chi connectivity index (χ1v) is 17.9. The van der Waals surface area contributed by atoms with Crippen LogP contribution in [0.15, 0.2) is 0 Å². The molecule has 0 aromatic heterocycles. The highest BCUT2D eigenvalue weighted by atomic mass is 16.7. The van der Waals surface area contributed by atoms with Crippen molar-refractivity contribution in [2.45, 2.75) is 0 Å². The standard InChI is InChI=1S/C34H66O19/c1-38-5-7-40-9-11-42-13-16-45-21-24-50-30-34(29-49-4-3-35,31-51-25-22-46-17-14-43-12-10-41-8-6-39-2)32-52-26-23-47-18-15-44-19-20-48-27-28-53-33(36)37/h3H,4-32H2,1-2H3,(H,36,37). The summed E-state index contributed by atoms with van der Waals surface area (Å²) in [4.78, 5) is 21.3. The van der Waals surface area contributed by atoms with Crippen LogP contribution in [0.5, 0.6) is 0 Å². The van der Waals surface area contributed by atoms with Gasteiger partial charge in [-0.1, -0.05) is 0 Å². The Labute approximate surface area is 314 Å². The molecule has 0 aromatic rings. The van der Waals surface area contributed by atoms with E-state index in [9.17, 15) is 9.59 Å². The predicted octanol–water partition coefficient (Wildman–Crippen LogP) is 0.375. The van der Waals surface area contributed by atoms with Gasteiger partial charge in [0.05, 0.1) is 184 Å². The lowest BCUT2D eigenvalue weighted by molar-refractivity contribution is -0.128. The van der Waals surface area contributed by atoms with Crippen molar-refractivity contribution in [3.05, 3.63) is 0 Å². The Morgan fingerprint density at radius 1 is 0.396 bits per heavy atom. The van der Waals surface area contributed by atoms with Crippen molar-refractivity contribution < 1.29 is 90.5 Å². The van der Waals surface area contributed by atoms with Crippen molar-refractivity contribution in [2.75, 3.05) is 206 Å². The number of rotatable bonds is 46. The van der Waals surface area contributed by atoms with E-state index in [0.29, 0.717) is 152 Å². The topological polar surface area (TPSA) is 202 Å². The molecule has 0 atom stereocenters.